The van der Waals surface area contributed by atoms with E-state index < -0.39 is 5.79 Å². The Bertz CT molecular complexity index is 256. The van der Waals surface area contributed by atoms with Crippen molar-refractivity contribution in [1.29, 1.82) is 0 Å². The molecule has 0 aromatic carbocycles. The van der Waals surface area contributed by atoms with E-state index in [-0.39, 0.29) is 0 Å². The van der Waals surface area contributed by atoms with E-state index >= 15 is 0 Å². The predicted molar refractivity (Wildman–Crippen MR) is 104 cm³/mol. The third-order valence-corrected chi connectivity index (χ3v) is 4.38. The van der Waals surface area contributed by atoms with E-state index in [0.717, 1.165) is 6.42 Å². The van der Waals surface area contributed by atoms with Crippen LogP contribution in [0.2, 0.25) is 0 Å². The van der Waals surface area contributed by atoms with E-state index in [1.807, 2.05) is 6.08 Å². The van der Waals surface area contributed by atoms with Crippen LogP contribution in [0.5, 0.6) is 0 Å². The van der Waals surface area contributed by atoms with Crippen LogP contribution in [0.25, 0.3) is 0 Å². The van der Waals surface area contributed by atoms with Crippen LogP contribution < -0.4 is 17.2 Å². The molecule has 0 aliphatic rings. The lowest BCUT2D eigenvalue weighted by atomic mass is 10.0. The second kappa shape index (κ2) is 16.5. The summed E-state index contributed by atoms with van der Waals surface area (Å²) in [6.45, 7) is 2.28. The van der Waals surface area contributed by atoms with Gasteiger partial charge in [-0.3, -0.25) is 17.2 Å². The SMILES string of the molecule is CCCCCCCCCCCCCCCCCC=CC(N)(N)N. The van der Waals surface area contributed by atoms with E-state index in [9.17, 15) is 0 Å². The number of allylic oxidation sites excluding steroid dienone is 1. The van der Waals surface area contributed by atoms with Gasteiger partial charge in [-0.15, -0.1) is 0 Å². The third-order valence-electron chi connectivity index (χ3n) is 4.38. The van der Waals surface area contributed by atoms with Gasteiger partial charge in [-0.25, -0.2) is 0 Å². The molecule has 23 heavy (non-hydrogen) atoms. The van der Waals surface area contributed by atoms with Crippen molar-refractivity contribution in [2.24, 2.45) is 17.2 Å². The summed E-state index contributed by atoms with van der Waals surface area (Å²) in [4.78, 5) is 0. The maximum absolute atomic E-state index is 5.47. The molecule has 0 radical (unpaired) electrons. The standard InChI is InChI=1S/C20H43N3/c1-2-3-4-5-6-7-8-9-10-11-12-13-14-15-16-17-18-19-20(21,22)23/h18-19H,2-17,21-23H2,1H3. The molecule has 3 nitrogen and oxygen atoms in total. The van der Waals surface area contributed by atoms with Gasteiger partial charge in [0.05, 0.1) is 0 Å². The maximum atomic E-state index is 5.47. The van der Waals surface area contributed by atoms with E-state index in [4.69, 9.17) is 17.2 Å². The molecular formula is C20H43N3. The van der Waals surface area contributed by atoms with E-state index in [1.165, 1.54) is 96.3 Å². The van der Waals surface area contributed by atoms with Gasteiger partial charge in [-0.05, 0) is 18.9 Å². The van der Waals surface area contributed by atoms with Gasteiger partial charge >= 0.3 is 0 Å². The first-order chi connectivity index (χ1) is 11.1. The minimum absolute atomic E-state index is 1.03. The molecule has 0 unspecified atom stereocenters. The van der Waals surface area contributed by atoms with Crippen LogP contribution in [-0.4, -0.2) is 5.79 Å². The van der Waals surface area contributed by atoms with Crippen molar-refractivity contribution in [1.82, 2.24) is 0 Å². The van der Waals surface area contributed by atoms with Crippen molar-refractivity contribution in [3.05, 3.63) is 12.2 Å². The van der Waals surface area contributed by atoms with Crippen molar-refractivity contribution < 1.29 is 0 Å². The molecule has 0 atom stereocenters. The van der Waals surface area contributed by atoms with Crippen LogP contribution in [0.3, 0.4) is 0 Å². The molecule has 0 saturated heterocycles. The van der Waals surface area contributed by atoms with Gasteiger partial charge in [-0.2, -0.15) is 0 Å². The van der Waals surface area contributed by atoms with Crippen LogP contribution in [0.1, 0.15) is 110 Å². The molecule has 6 N–H and O–H groups in total. The topological polar surface area (TPSA) is 78.1 Å². The summed E-state index contributed by atoms with van der Waals surface area (Å²) in [7, 11) is 0. The number of hydrogen-bond acceptors (Lipinski definition) is 3. The fourth-order valence-corrected chi connectivity index (χ4v) is 2.92. The first kappa shape index (κ1) is 22.6. The summed E-state index contributed by atoms with van der Waals surface area (Å²) >= 11 is 0. The smallest absolute Gasteiger partial charge is 0.135 e. The molecule has 0 bridgehead atoms. The molecule has 0 aliphatic heterocycles. The van der Waals surface area contributed by atoms with Gasteiger partial charge in [0.2, 0.25) is 0 Å². The molecule has 0 heterocycles. The van der Waals surface area contributed by atoms with Gasteiger partial charge in [0.25, 0.3) is 0 Å². The lowest BCUT2D eigenvalue weighted by Gasteiger charge is -2.11. The molecule has 0 fully saturated rings. The summed E-state index contributed by atoms with van der Waals surface area (Å²) in [5.41, 5.74) is 16.4. The fourth-order valence-electron chi connectivity index (χ4n) is 2.92. The molecule has 138 valence electrons. The zero-order chi connectivity index (χ0) is 17.2. The minimum Gasteiger partial charge on any atom is -0.298 e. The maximum Gasteiger partial charge on any atom is 0.135 e. The zero-order valence-electron chi connectivity index (χ0n) is 15.7. The Labute approximate surface area is 145 Å². The Morgan fingerprint density at radius 3 is 1.26 bits per heavy atom. The van der Waals surface area contributed by atoms with Gasteiger partial charge in [-0.1, -0.05) is 103 Å². The lowest BCUT2D eigenvalue weighted by molar-refractivity contribution is 0.532. The summed E-state index contributed by atoms with van der Waals surface area (Å²) in [5.74, 6) is -1.14. The van der Waals surface area contributed by atoms with E-state index in [1.54, 1.807) is 6.08 Å². The molecule has 3 heteroatoms. The summed E-state index contributed by atoms with van der Waals surface area (Å²) in [6.07, 6.45) is 25.7. The fraction of sp³-hybridized carbons (Fsp3) is 0.900. The highest BCUT2D eigenvalue weighted by atomic mass is 15.1. The Morgan fingerprint density at radius 1 is 0.565 bits per heavy atom. The highest BCUT2D eigenvalue weighted by molar-refractivity contribution is 4.96. The highest BCUT2D eigenvalue weighted by Crippen LogP contribution is 2.13. The average Bonchev–Trinajstić information content (AvgIpc) is 2.49. The van der Waals surface area contributed by atoms with Crippen molar-refractivity contribution in [2.75, 3.05) is 0 Å². The van der Waals surface area contributed by atoms with Crippen LogP contribution in [-0.2, 0) is 0 Å². The average molecular weight is 326 g/mol. The molecule has 0 spiro atoms. The Balaban J connectivity index is 3.07. The second-order valence-electron chi connectivity index (χ2n) is 7.14. The quantitative estimate of drug-likeness (QED) is 0.192. The van der Waals surface area contributed by atoms with Crippen LogP contribution >= 0.6 is 0 Å². The third kappa shape index (κ3) is 21.6. The van der Waals surface area contributed by atoms with Crippen LogP contribution in [0, 0.1) is 0 Å². The van der Waals surface area contributed by atoms with Crippen molar-refractivity contribution in [2.45, 2.75) is 115 Å². The summed E-state index contributed by atoms with van der Waals surface area (Å²) in [5, 5.41) is 0. The Hall–Kier alpha value is -0.380. The minimum atomic E-state index is -1.14. The normalized spacial score (nSPS) is 12.3. The summed E-state index contributed by atoms with van der Waals surface area (Å²) < 4.78 is 0. The van der Waals surface area contributed by atoms with Gasteiger partial charge in [0.15, 0.2) is 0 Å². The zero-order valence-corrected chi connectivity index (χ0v) is 15.7. The van der Waals surface area contributed by atoms with Gasteiger partial charge in [0.1, 0.15) is 5.79 Å². The van der Waals surface area contributed by atoms with Gasteiger partial charge < -0.3 is 0 Å². The van der Waals surface area contributed by atoms with E-state index in [2.05, 4.69) is 6.92 Å². The van der Waals surface area contributed by atoms with E-state index in [0.29, 0.717) is 0 Å². The lowest BCUT2D eigenvalue weighted by Crippen LogP contribution is -2.56. The number of hydrogen-bond donors (Lipinski definition) is 3. The molecule has 0 rings (SSSR count). The molecule has 0 aromatic heterocycles. The molecule has 0 aromatic rings. The second-order valence-corrected chi connectivity index (χ2v) is 7.14. The predicted octanol–water partition coefficient (Wildman–Crippen LogP) is 5.33. The first-order valence-corrected chi connectivity index (χ1v) is 10.1. The Morgan fingerprint density at radius 2 is 0.913 bits per heavy atom. The summed E-state index contributed by atoms with van der Waals surface area (Å²) in [6, 6.07) is 0. The number of nitrogens with two attached hydrogens (primary N) is 3. The molecular weight excluding hydrogens is 282 g/mol. The van der Waals surface area contributed by atoms with Crippen molar-refractivity contribution in [3.8, 4) is 0 Å². The monoisotopic (exact) mass is 325 g/mol. The molecule has 0 aliphatic carbocycles. The van der Waals surface area contributed by atoms with Crippen LogP contribution in [0.15, 0.2) is 12.2 Å². The van der Waals surface area contributed by atoms with Crippen molar-refractivity contribution in [3.63, 3.8) is 0 Å². The van der Waals surface area contributed by atoms with Crippen molar-refractivity contribution >= 4 is 0 Å². The highest BCUT2D eigenvalue weighted by Gasteiger charge is 2.03. The number of rotatable bonds is 17. The first-order valence-electron chi connectivity index (χ1n) is 10.1. The van der Waals surface area contributed by atoms with Gasteiger partial charge in [0, 0.05) is 0 Å². The number of unbranched alkanes of at least 4 members (excludes halogenated alkanes) is 15. The largest absolute Gasteiger partial charge is 0.298 e. The molecule has 0 amide bonds. The Kier molecular flexibility index (Phi) is 16.2. The molecule has 0 saturated carbocycles. The van der Waals surface area contributed by atoms with Crippen LogP contribution in [0.4, 0.5) is 0 Å².